The average molecular weight is 575 g/mol. The molecule has 5 rings (SSSR count). The summed E-state index contributed by atoms with van der Waals surface area (Å²) >= 11 is 0. The largest absolute Gasteiger partial charge is 0.394 e. The van der Waals surface area contributed by atoms with Crippen LogP contribution in [-0.4, -0.2) is 63.8 Å². The van der Waals surface area contributed by atoms with Crippen molar-refractivity contribution in [3.8, 4) is 0 Å². The van der Waals surface area contributed by atoms with Crippen LogP contribution in [0.5, 0.6) is 0 Å². The maximum absolute atomic E-state index is 10.5. The predicted octanol–water partition coefficient (Wildman–Crippen LogP) is 5.63. The minimum absolute atomic E-state index is 0.0698. The summed E-state index contributed by atoms with van der Waals surface area (Å²) in [6, 6.07) is 0. The van der Waals surface area contributed by atoms with Crippen molar-refractivity contribution < 1.29 is 29.9 Å². The molecular weight excluding hydrogens is 516 g/mol. The zero-order valence-corrected chi connectivity index (χ0v) is 26.4. The van der Waals surface area contributed by atoms with Crippen molar-refractivity contribution in [2.24, 2.45) is 52.3 Å². The third-order valence-electron chi connectivity index (χ3n) is 12.9. The summed E-state index contributed by atoms with van der Waals surface area (Å²) in [4.78, 5) is 0. The van der Waals surface area contributed by atoms with E-state index in [1.807, 2.05) is 0 Å². The van der Waals surface area contributed by atoms with Gasteiger partial charge in [-0.3, -0.25) is 0 Å². The lowest BCUT2D eigenvalue weighted by Crippen LogP contribution is -2.60. The number of aliphatic hydroxyl groups is 4. The third-order valence-corrected chi connectivity index (χ3v) is 12.9. The molecule has 5 aliphatic rings. The van der Waals surface area contributed by atoms with Crippen LogP contribution in [0.15, 0.2) is 23.8 Å². The van der Waals surface area contributed by atoms with E-state index in [1.54, 1.807) is 5.57 Å². The fourth-order valence-electron chi connectivity index (χ4n) is 10.2. The lowest BCUT2D eigenvalue weighted by atomic mass is 9.47. The Morgan fingerprint density at radius 2 is 1.66 bits per heavy atom. The molecule has 0 unspecified atom stereocenters. The van der Waals surface area contributed by atoms with Gasteiger partial charge in [0, 0.05) is 0 Å². The van der Waals surface area contributed by atoms with Crippen LogP contribution in [0.25, 0.3) is 0 Å². The number of hydrogen-bond donors (Lipinski definition) is 4. The smallest absolute Gasteiger partial charge is 0.186 e. The van der Waals surface area contributed by atoms with Crippen LogP contribution in [-0.2, 0) is 9.47 Å². The van der Waals surface area contributed by atoms with Crippen LogP contribution >= 0.6 is 0 Å². The summed E-state index contributed by atoms with van der Waals surface area (Å²) < 4.78 is 11.9. The Morgan fingerprint density at radius 3 is 2.34 bits per heavy atom. The molecule has 234 valence electrons. The summed E-state index contributed by atoms with van der Waals surface area (Å²) in [7, 11) is 0. The highest BCUT2D eigenvalue weighted by Gasteiger charge is 2.58. The second kappa shape index (κ2) is 12.3. The fourth-order valence-corrected chi connectivity index (χ4v) is 10.2. The van der Waals surface area contributed by atoms with Gasteiger partial charge in [-0.15, -0.1) is 0 Å². The summed E-state index contributed by atoms with van der Waals surface area (Å²) in [5.41, 5.74) is 2.41. The molecule has 6 heteroatoms. The van der Waals surface area contributed by atoms with Crippen LogP contribution in [0.3, 0.4) is 0 Å². The molecule has 0 aromatic carbocycles. The van der Waals surface area contributed by atoms with Crippen LogP contribution in [0.1, 0.15) is 99.3 Å². The lowest BCUT2D eigenvalue weighted by molar-refractivity contribution is -0.315. The molecule has 41 heavy (non-hydrogen) atoms. The van der Waals surface area contributed by atoms with Gasteiger partial charge in [-0.2, -0.15) is 0 Å². The van der Waals surface area contributed by atoms with Crippen LogP contribution in [0.2, 0.25) is 0 Å². The van der Waals surface area contributed by atoms with Crippen molar-refractivity contribution in [1.82, 2.24) is 0 Å². The normalized spacial score (nSPS) is 47.9. The molecule has 0 aromatic heterocycles. The second-order valence-corrected chi connectivity index (χ2v) is 15.3. The Kier molecular flexibility index (Phi) is 9.51. The lowest BCUT2D eigenvalue weighted by Gasteiger charge is -2.58. The van der Waals surface area contributed by atoms with E-state index in [4.69, 9.17) is 9.47 Å². The van der Waals surface area contributed by atoms with Crippen molar-refractivity contribution in [3.05, 3.63) is 23.8 Å². The summed E-state index contributed by atoms with van der Waals surface area (Å²) in [6.45, 7) is 14.2. The number of ether oxygens (including phenoxy) is 2. The monoisotopic (exact) mass is 574 g/mol. The second-order valence-electron chi connectivity index (χ2n) is 15.3. The van der Waals surface area contributed by atoms with Gasteiger partial charge in [0.1, 0.15) is 24.4 Å². The van der Waals surface area contributed by atoms with E-state index in [9.17, 15) is 20.4 Å². The molecule has 4 N–H and O–H groups in total. The predicted molar refractivity (Wildman–Crippen MR) is 161 cm³/mol. The Hall–Kier alpha value is -0.760. The maximum Gasteiger partial charge on any atom is 0.186 e. The van der Waals surface area contributed by atoms with Gasteiger partial charge in [0.15, 0.2) is 6.29 Å². The molecule has 1 saturated heterocycles. The van der Waals surface area contributed by atoms with Crippen molar-refractivity contribution in [2.75, 3.05) is 6.61 Å². The summed E-state index contributed by atoms with van der Waals surface area (Å²) in [5.74, 6) is 4.61. The zero-order chi connectivity index (χ0) is 29.7. The molecule has 4 fully saturated rings. The van der Waals surface area contributed by atoms with E-state index in [1.165, 1.54) is 32.1 Å². The molecule has 0 amide bonds. The standard InChI is InChI=1S/C35H58O6/c1-7-22(20(2)3)9-8-21(4)26-12-13-27-25-11-10-23-18-24(14-16-34(23,5)28(25)15-17-35(26,27)6)40-33-32(39)31(38)30(37)29(19-36)41-33/h8-9,11,20-24,26-33,36-39H,7,10,12-19H2,1-6H3/b9-8+/t21-,22-,23+,24-,26-,27+,28+,29-,30+,31+,32-,33-,34+,35-/m1/s1. The maximum atomic E-state index is 10.5. The highest BCUT2D eigenvalue weighted by atomic mass is 16.7. The van der Waals surface area contributed by atoms with Gasteiger partial charge < -0.3 is 29.9 Å². The minimum Gasteiger partial charge on any atom is -0.394 e. The Morgan fingerprint density at radius 1 is 0.951 bits per heavy atom. The third kappa shape index (κ3) is 5.64. The number of hydrogen-bond acceptors (Lipinski definition) is 6. The van der Waals surface area contributed by atoms with Crippen molar-refractivity contribution in [3.63, 3.8) is 0 Å². The number of rotatable bonds is 8. The van der Waals surface area contributed by atoms with Gasteiger partial charge >= 0.3 is 0 Å². The molecule has 0 bridgehead atoms. The number of allylic oxidation sites excluding steroid dienone is 4. The first-order valence-corrected chi connectivity index (χ1v) is 16.8. The first kappa shape index (κ1) is 31.7. The SMILES string of the molecule is CC[C@H](/C=C/[C@@H](C)[C@H]1CC[C@H]2C3=CC[C@H]4C[C@H](O[C@@H]5O[C@H](CO)[C@H](O)[C@H](O)[C@H]5O)CC[C@]4(C)[C@H]3CC[C@]12C)C(C)C. The molecule has 14 atom stereocenters. The quantitative estimate of drug-likeness (QED) is 0.281. The van der Waals surface area contributed by atoms with Crippen LogP contribution < -0.4 is 0 Å². The summed E-state index contributed by atoms with van der Waals surface area (Å²) in [6.07, 6.45) is 12.0. The van der Waals surface area contributed by atoms with E-state index in [0.29, 0.717) is 40.9 Å². The molecule has 4 aliphatic carbocycles. The number of aliphatic hydroxyl groups excluding tert-OH is 4. The Labute approximate surface area is 248 Å². The highest BCUT2D eigenvalue weighted by molar-refractivity contribution is 5.28. The van der Waals surface area contributed by atoms with E-state index < -0.39 is 37.3 Å². The highest BCUT2D eigenvalue weighted by Crippen LogP contribution is 2.67. The van der Waals surface area contributed by atoms with E-state index >= 15 is 0 Å². The fraction of sp³-hybridized carbons (Fsp3) is 0.886. The van der Waals surface area contributed by atoms with E-state index in [0.717, 1.165) is 31.6 Å². The van der Waals surface area contributed by atoms with Gasteiger partial charge in [-0.25, -0.2) is 0 Å². The molecule has 1 aliphatic heterocycles. The molecule has 6 nitrogen and oxygen atoms in total. The molecule has 0 radical (unpaired) electrons. The van der Waals surface area contributed by atoms with Crippen molar-refractivity contribution in [1.29, 1.82) is 0 Å². The molecule has 0 spiro atoms. The topological polar surface area (TPSA) is 99.4 Å². The van der Waals surface area contributed by atoms with Gasteiger partial charge in [0.25, 0.3) is 0 Å². The van der Waals surface area contributed by atoms with Crippen molar-refractivity contribution in [2.45, 2.75) is 136 Å². The molecule has 1 heterocycles. The minimum atomic E-state index is -1.40. The number of fused-ring (bicyclic) bond motifs is 5. The molecule has 0 aromatic rings. The zero-order valence-electron chi connectivity index (χ0n) is 26.4. The average Bonchev–Trinajstić information content (AvgIpc) is 3.30. The van der Waals surface area contributed by atoms with E-state index in [2.05, 4.69) is 59.8 Å². The first-order chi connectivity index (χ1) is 19.4. The first-order valence-electron chi connectivity index (χ1n) is 16.8. The van der Waals surface area contributed by atoms with Crippen LogP contribution in [0, 0.1) is 52.3 Å². The Balaban J connectivity index is 1.26. The molecular formula is C35H58O6. The van der Waals surface area contributed by atoms with Crippen LogP contribution in [0.4, 0.5) is 0 Å². The van der Waals surface area contributed by atoms with Gasteiger partial charge in [0.2, 0.25) is 0 Å². The van der Waals surface area contributed by atoms with Gasteiger partial charge in [-0.05, 0) is 110 Å². The Bertz CT molecular complexity index is 960. The summed E-state index contributed by atoms with van der Waals surface area (Å²) in [5, 5.41) is 40.4. The van der Waals surface area contributed by atoms with Gasteiger partial charge in [0.05, 0.1) is 12.7 Å². The molecule has 3 saturated carbocycles. The van der Waals surface area contributed by atoms with Gasteiger partial charge in [-0.1, -0.05) is 65.3 Å². The van der Waals surface area contributed by atoms with Crippen molar-refractivity contribution >= 4 is 0 Å². The van der Waals surface area contributed by atoms with E-state index in [-0.39, 0.29) is 11.5 Å².